The van der Waals surface area contributed by atoms with E-state index in [1.165, 1.54) is 6.07 Å². The van der Waals surface area contributed by atoms with Crippen LogP contribution in [-0.2, 0) is 0 Å². The van der Waals surface area contributed by atoms with E-state index < -0.39 is 22.3 Å². The molecule has 2 N–H and O–H groups in total. The molecule has 1 amide bonds. The van der Waals surface area contributed by atoms with Gasteiger partial charge >= 0.3 is 11.6 Å². The van der Waals surface area contributed by atoms with Crippen LogP contribution in [0.15, 0.2) is 44.3 Å². The Morgan fingerprint density at radius 1 is 1.37 bits per heavy atom. The summed E-state index contributed by atoms with van der Waals surface area (Å²) in [7, 11) is 0. The van der Waals surface area contributed by atoms with Gasteiger partial charge in [0.25, 0.3) is 0 Å². The number of nitrogens with one attached hydrogen (secondary N) is 1. The summed E-state index contributed by atoms with van der Waals surface area (Å²) in [6.07, 6.45) is 1.05. The number of hydrazone groups is 1. The Balaban J connectivity index is 1.82. The molecule has 0 aliphatic rings. The highest BCUT2D eigenvalue weighted by Crippen LogP contribution is 2.32. The normalized spacial score (nSPS) is 11.2. The van der Waals surface area contributed by atoms with Gasteiger partial charge in [-0.15, -0.1) is 0 Å². The lowest BCUT2D eigenvalue weighted by molar-refractivity contribution is -0.385. The number of hydrogen-bond donors (Lipinski definition) is 2. The summed E-state index contributed by atoms with van der Waals surface area (Å²) in [5.74, 6) is -1.18. The van der Waals surface area contributed by atoms with Crippen LogP contribution >= 0.6 is 50.1 Å². The highest BCUT2D eigenvalue weighted by molar-refractivity contribution is 14.1. The molecule has 0 aliphatic heterocycles. The fraction of sp³-hybridized carbons (Fsp3) is 0. The summed E-state index contributed by atoms with van der Waals surface area (Å²) in [4.78, 5) is 22.3. The first-order valence-corrected chi connectivity index (χ1v) is 9.40. The minimum atomic E-state index is -0.773. The third-order valence-corrected chi connectivity index (χ3v) is 4.89. The number of phenolic OH excluding ortho intramolecular Hbond substituents is 1. The zero-order chi connectivity index (χ0) is 19.7. The maximum atomic E-state index is 12.2. The molecule has 0 atom stereocenters. The number of nitro benzene ring substituents is 1. The molecule has 3 rings (SSSR count). The Morgan fingerprint density at radius 2 is 2.11 bits per heavy atom. The van der Waals surface area contributed by atoms with Gasteiger partial charge in [-0.25, -0.2) is 5.43 Å². The van der Waals surface area contributed by atoms with E-state index >= 15 is 0 Å². The fourth-order valence-corrected chi connectivity index (χ4v) is 4.13. The molecule has 0 unspecified atom stereocenters. The predicted molar refractivity (Wildman–Crippen MR) is 111 cm³/mol. The van der Waals surface area contributed by atoms with E-state index in [1.807, 2.05) is 12.1 Å². The summed E-state index contributed by atoms with van der Waals surface area (Å²) in [5, 5.41) is 25.3. The number of carbonyl (C=O) groups is 1. The number of rotatable bonds is 4. The van der Waals surface area contributed by atoms with Crippen LogP contribution in [0.2, 0.25) is 5.02 Å². The topological polar surface area (TPSA) is 118 Å². The van der Waals surface area contributed by atoms with E-state index in [1.54, 1.807) is 6.07 Å². The summed E-state index contributed by atoms with van der Waals surface area (Å²) < 4.78 is 7.22. The molecule has 3 aromatic rings. The molecule has 0 fully saturated rings. The smallest absolute Gasteiger partial charge is 0.312 e. The number of halogens is 3. The van der Waals surface area contributed by atoms with Gasteiger partial charge in [0.05, 0.1) is 14.7 Å². The van der Waals surface area contributed by atoms with Gasteiger partial charge in [0.2, 0.25) is 5.75 Å². The Morgan fingerprint density at radius 3 is 2.81 bits per heavy atom. The van der Waals surface area contributed by atoms with E-state index in [0.717, 1.165) is 25.7 Å². The Hall–Kier alpha value is -2.18. The van der Waals surface area contributed by atoms with Gasteiger partial charge in [0.15, 0.2) is 5.76 Å². The lowest BCUT2D eigenvalue weighted by Crippen LogP contribution is -2.16. The second-order valence-corrected chi connectivity index (χ2v) is 7.75. The number of furan rings is 1. The van der Waals surface area contributed by atoms with Crippen molar-refractivity contribution in [2.75, 3.05) is 0 Å². The quantitative estimate of drug-likeness (QED) is 0.204. The Kier molecular flexibility index (Phi) is 5.67. The molecule has 0 radical (unpaired) electrons. The van der Waals surface area contributed by atoms with Crippen LogP contribution in [0.1, 0.15) is 16.1 Å². The minimum Gasteiger partial charge on any atom is -0.502 e. The molecule has 11 heteroatoms. The molecular formula is C16H8BrClIN3O5. The average Bonchev–Trinajstić information content (AvgIpc) is 3.01. The number of amides is 1. The van der Waals surface area contributed by atoms with Crippen molar-refractivity contribution in [3.8, 4) is 5.75 Å². The zero-order valence-electron chi connectivity index (χ0n) is 13.1. The van der Waals surface area contributed by atoms with Gasteiger partial charge in [0.1, 0.15) is 5.58 Å². The van der Waals surface area contributed by atoms with Gasteiger partial charge in [0, 0.05) is 26.5 Å². The average molecular weight is 565 g/mol. The van der Waals surface area contributed by atoms with Crippen molar-refractivity contribution in [3.05, 3.63) is 64.8 Å². The summed E-state index contributed by atoms with van der Waals surface area (Å²) in [6.45, 7) is 0. The van der Waals surface area contributed by atoms with E-state index in [0.29, 0.717) is 5.58 Å². The largest absolute Gasteiger partial charge is 0.502 e. The number of nitro groups is 1. The number of carbonyl (C=O) groups excluding carboxylic acids is 1. The molecule has 2 aromatic carbocycles. The van der Waals surface area contributed by atoms with Crippen molar-refractivity contribution < 1.29 is 19.2 Å². The summed E-state index contributed by atoms with van der Waals surface area (Å²) in [6, 6.07) is 7.52. The molecule has 138 valence electrons. The van der Waals surface area contributed by atoms with Gasteiger partial charge in [-0.05, 0) is 46.9 Å². The standard InChI is InChI=1S/C16H8BrClIN3O5/c17-9-1-7-3-13(27-15(7)11(19)4-9)16(24)21-20-6-8-2-10(18)5-12(14(8)23)22(25)26/h1-6,23H,(H,21,24)/b20-6-. The maximum Gasteiger partial charge on any atom is 0.312 e. The lowest BCUT2D eigenvalue weighted by Gasteiger charge is -2.01. The third-order valence-electron chi connectivity index (χ3n) is 3.41. The highest BCUT2D eigenvalue weighted by atomic mass is 127. The van der Waals surface area contributed by atoms with Crippen LogP contribution in [0.3, 0.4) is 0 Å². The summed E-state index contributed by atoms with van der Waals surface area (Å²) in [5.41, 5.74) is 2.22. The first kappa shape index (κ1) is 19.6. The maximum absolute atomic E-state index is 12.2. The van der Waals surface area contributed by atoms with Crippen molar-refractivity contribution in [1.82, 2.24) is 5.43 Å². The van der Waals surface area contributed by atoms with Crippen LogP contribution in [0.4, 0.5) is 5.69 Å². The van der Waals surface area contributed by atoms with Gasteiger partial charge < -0.3 is 9.52 Å². The molecular weight excluding hydrogens is 556 g/mol. The Bertz CT molecular complexity index is 1120. The predicted octanol–water partition coefficient (Wildman–Crippen LogP) is 4.83. The van der Waals surface area contributed by atoms with Crippen molar-refractivity contribution in [2.24, 2.45) is 5.10 Å². The second kappa shape index (κ2) is 7.82. The van der Waals surface area contributed by atoms with E-state index in [2.05, 4.69) is 49.0 Å². The van der Waals surface area contributed by atoms with Crippen LogP contribution in [0.25, 0.3) is 11.0 Å². The highest BCUT2D eigenvalue weighted by Gasteiger charge is 2.18. The van der Waals surface area contributed by atoms with Gasteiger partial charge in [-0.2, -0.15) is 5.10 Å². The van der Waals surface area contributed by atoms with Crippen LogP contribution in [0.5, 0.6) is 5.75 Å². The SMILES string of the molecule is O=C(N/N=C\c1cc(Cl)cc([N+](=O)[O-])c1O)c1cc2cc(Br)cc(I)c2o1. The van der Waals surface area contributed by atoms with E-state index in [4.69, 9.17) is 16.0 Å². The zero-order valence-corrected chi connectivity index (χ0v) is 17.6. The first-order chi connectivity index (χ1) is 12.8. The van der Waals surface area contributed by atoms with Gasteiger partial charge in [-0.1, -0.05) is 27.5 Å². The molecule has 0 saturated heterocycles. The van der Waals surface area contributed by atoms with Crippen molar-refractivity contribution in [2.45, 2.75) is 0 Å². The number of aromatic hydroxyl groups is 1. The lowest BCUT2D eigenvalue weighted by atomic mass is 10.2. The molecule has 27 heavy (non-hydrogen) atoms. The van der Waals surface area contributed by atoms with Crippen LogP contribution in [-0.4, -0.2) is 22.2 Å². The van der Waals surface area contributed by atoms with Crippen molar-refractivity contribution in [3.63, 3.8) is 0 Å². The second-order valence-electron chi connectivity index (χ2n) is 5.24. The molecule has 0 spiro atoms. The number of benzene rings is 2. The molecule has 8 nitrogen and oxygen atoms in total. The number of nitrogens with zero attached hydrogens (tertiary/aromatic N) is 2. The van der Waals surface area contributed by atoms with Crippen molar-refractivity contribution in [1.29, 1.82) is 0 Å². The molecule has 1 aromatic heterocycles. The number of fused-ring (bicyclic) bond motifs is 1. The molecule has 0 aliphatic carbocycles. The number of hydrogen-bond acceptors (Lipinski definition) is 6. The third kappa shape index (κ3) is 4.22. The molecule has 0 bridgehead atoms. The molecule has 1 heterocycles. The van der Waals surface area contributed by atoms with Crippen LogP contribution in [0, 0.1) is 13.7 Å². The summed E-state index contributed by atoms with van der Waals surface area (Å²) >= 11 is 11.3. The monoisotopic (exact) mass is 563 g/mol. The van der Waals surface area contributed by atoms with E-state index in [9.17, 15) is 20.0 Å². The minimum absolute atomic E-state index is 0.0161. The van der Waals surface area contributed by atoms with E-state index in [-0.39, 0.29) is 16.3 Å². The van der Waals surface area contributed by atoms with Gasteiger partial charge in [-0.3, -0.25) is 14.9 Å². The fourth-order valence-electron chi connectivity index (χ4n) is 2.25. The number of phenols is 1. The molecule has 0 saturated carbocycles. The van der Waals surface area contributed by atoms with Crippen molar-refractivity contribution >= 4 is 78.9 Å². The Labute approximate surface area is 178 Å². The van der Waals surface area contributed by atoms with Crippen LogP contribution < -0.4 is 5.43 Å². The first-order valence-electron chi connectivity index (χ1n) is 7.15.